The fraction of sp³-hybridized carbons (Fsp3) is 0.923. The van der Waals surface area contributed by atoms with E-state index < -0.39 is 5.60 Å². The van der Waals surface area contributed by atoms with E-state index in [1.54, 1.807) is 0 Å². The summed E-state index contributed by atoms with van der Waals surface area (Å²) in [4.78, 5) is 12.2. The number of carbonyl (C=O) groups is 1. The molecular formula is C13H22O3. The van der Waals surface area contributed by atoms with Gasteiger partial charge in [0.25, 0.3) is 0 Å². The van der Waals surface area contributed by atoms with Crippen LogP contribution in [0.4, 0.5) is 0 Å². The maximum atomic E-state index is 12.2. The molecule has 2 aliphatic rings. The summed E-state index contributed by atoms with van der Waals surface area (Å²) in [6.07, 6.45) is 5.86. The molecule has 2 saturated heterocycles. The van der Waals surface area contributed by atoms with Crippen LogP contribution in [0.5, 0.6) is 0 Å². The Morgan fingerprint density at radius 2 is 2.00 bits per heavy atom. The van der Waals surface area contributed by atoms with Gasteiger partial charge in [0.15, 0.2) is 5.78 Å². The van der Waals surface area contributed by atoms with Crippen molar-refractivity contribution in [1.82, 2.24) is 0 Å². The molecule has 1 atom stereocenters. The first-order valence-corrected chi connectivity index (χ1v) is 6.46. The van der Waals surface area contributed by atoms with Gasteiger partial charge < -0.3 is 9.47 Å². The first-order valence-electron chi connectivity index (χ1n) is 6.46. The van der Waals surface area contributed by atoms with E-state index in [0.717, 1.165) is 51.9 Å². The minimum absolute atomic E-state index is 0.305. The molecule has 16 heavy (non-hydrogen) atoms. The van der Waals surface area contributed by atoms with Crippen LogP contribution in [0.15, 0.2) is 0 Å². The molecule has 1 unspecified atom stereocenters. The van der Waals surface area contributed by atoms with Crippen LogP contribution in [-0.2, 0) is 14.3 Å². The van der Waals surface area contributed by atoms with Gasteiger partial charge in [0.2, 0.25) is 0 Å². The van der Waals surface area contributed by atoms with Gasteiger partial charge in [-0.25, -0.2) is 0 Å². The highest BCUT2D eigenvalue weighted by Crippen LogP contribution is 2.29. The maximum Gasteiger partial charge on any atom is 0.164 e. The second-order valence-electron chi connectivity index (χ2n) is 5.22. The molecule has 0 N–H and O–H groups in total. The van der Waals surface area contributed by atoms with E-state index in [0.29, 0.717) is 18.1 Å². The molecule has 2 fully saturated rings. The lowest BCUT2D eigenvalue weighted by molar-refractivity contribution is -0.149. The Hall–Kier alpha value is -0.410. The molecule has 2 aliphatic heterocycles. The Bertz CT molecular complexity index is 238. The third kappa shape index (κ3) is 2.83. The number of hydrogen-bond donors (Lipinski definition) is 0. The van der Waals surface area contributed by atoms with Crippen LogP contribution in [-0.4, -0.2) is 31.2 Å². The SMILES string of the molecule is CC1(C(=O)CC2CCOCC2)CCCCO1. The maximum absolute atomic E-state index is 12.2. The van der Waals surface area contributed by atoms with Crippen molar-refractivity contribution in [2.24, 2.45) is 5.92 Å². The van der Waals surface area contributed by atoms with E-state index in [9.17, 15) is 4.79 Å². The summed E-state index contributed by atoms with van der Waals surface area (Å²) < 4.78 is 11.0. The predicted molar refractivity (Wildman–Crippen MR) is 61.4 cm³/mol. The second kappa shape index (κ2) is 5.28. The summed E-state index contributed by atoms with van der Waals surface area (Å²) in [5.74, 6) is 0.822. The molecule has 0 saturated carbocycles. The van der Waals surface area contributed by atoms with Crippen molar-refractivity contribution >= 4 is 5.78 Å². The standard InChI is InChI=1S/C13H22O3/c1-13(6-2-3-7-16-13)12(14)10-11-4-8-15-9-5-11/h11H,2-10H2,1H3. The van der Waals surface area contributed by atoms with Crippen molar-refractivity contribution in [3.05, 3.63) is 0 Å². The number of ether oxygens (including phenoxy) is 2. The van der Waals surface area contributed by atoms with E-state index in [1.165, 1.54) is 0 Å². The highest BCUT2D eigenvalue weighted by atomic mass is 16.5. The molecule has 3 heteroatoms. The third-order valence-electron chi connectivity index (χ3n) is 3.87. The summed E-state index contributed by atoms with van der Waals surface area (Å²) in [7, 11) is 0. The molecule has 3 nitrogen and oxygen atoms in total. The molecular weight excluding hydrogens is 204 g/mol. The zero-order chi connectivity index (χ0) is 11.4. The summed E-state index contributed by atoms with van der Waals surface area (Å²) in [5, 5.41) is 0. The van der Waals surface area contributed by atoms with Gasteiger partial charge in [0, 0.05) is 26.2 Å². The topological polar surface area (TPSA) is 35.5 Å². The minimum Gasteiger partial charge on any atom is -0.381 e. The van der Waals surface area contributed by atoms with Gasteiger partial charge in [0.1, 0.15) is 5.60 Å². The van der Waals surface area contributed by atoms with Gasteiger partial charge >= 0.3 is 0 Å². The molecule has 0 bridgehead atoms. The van der Waals surface area contributed by atoms with E-state index in [2.05, 4.69) is 0 Å². The quantitative estimate of drug-likeness (QED) is 0.741. The van der Waals surface area contributed by atoms with Gasteiger partial charge in [-0.15, -0.1) is 0 Å². The van der Waals surface area contributed by atoms with Gasteiger partial charge in [-0.05, 0) is 44.9 Å². The smallest absolute Gasteiger partial charge is 0.164 e. The Morgan fingerprint density at radius 1 is 1.25 bits per heavy atom. The first-order chi connectivity index (χ1) is 7.71. The van der Waals surface area contributed by atoms with Crippen molar-refractivity contribution < 1.29 is 14.3 Å². The Morgan fingerprint density at radius 3 is 2.62 bits per heavy atom. The van der Waals surface area contributed by atoms with Crippen molar-refractivity contribution in [1.29, 1.82) is 0 Å². The molecule has 0 aromatic carbocycles. The Labute approximate surface area is 97.5 Å². The number of rotatable bonds is 3. The van der Waals surface area contributed by atoms with Gasteiger partial charge in [-0.1, -0.05) is 0 Å². The average Bonchev–Trinajstić information content (AvgIpc) is 2.31. The zero-order valence-electron chi connectivity index (χ0n) is 10.2. The van der Waals surface area contributed by atoms with Crippen LogP contribution >= 0.6 is 0 Å². The van der Waals surface area contributed by atoms with Crippen LogP contribution < -0.4 is 0 Å². The molecule has 0 aromatic rings. The van der Waals surface area contributed by atoms with Crippen molar-refractivity contribution in [3.63, 3.8) is 0 Å². The molecule has 2 heterocycles. The number of hydrogen-bond acceptors (Lipinski definition) is 3. The number of Topliss-reactive ketones (excluding diaryl/α,β-unsaturated/α-hetero) is 1. The zero-order valence-corrected chi connectivity index (χ0v) is 10.2. The molecule has 92 valence electrons. The monoisotopic (exact) mass is 226 g/mol. The lowest BCUT2D eigenvalue weighted by Crippen LogP contribution is -2.42. The largest absolute Gasteiger partial charge is 0.381 e. The number of carbonyl (C=O) groups excluding carboxylic acids is 1. The molecule has 0 aromatic heterocycles. The van der Waals surface area contributed by atoms with Crippen LogP contribution in [0.25, 0.3) is 0 Å². The van der Waals surface area contributed by atoms with Crippen molar-refractivity contribution in [3.8, 4) is 0 Å². The summed E-state index contributed by atoms with van der Waals surface area (Å²) in [5.41, 5.74) is -0.490. The van der Waals surface area contributed by atoms with E-state index in [1.807, 2.05) is 6.92 Å². The van der Waals surface area contributed by atoms with Gasteiger partial charge in [-0.2, -0.15) is 0 Å². The van der Waals surface area contributed by atoms with Crippen LogP contribution in [0.1, 0.15) is 45.4 Å². The summed E-state index contributed by atoms with van der Waals surface area (Å²) >= 11 is 0. The van der Waals surface area contributed by atoms with E-state index in [4.69, 9.17) is 9.47 Å². The first kappa shape index (κ1) is 12.1. The lowest BCUT2D eigenvalue weighted by Gasteiger charge is -2.34. The molecule has 0 aliphatic carbocycles. The molecule has 0 radical (unpaired) electrons. The van der Waals surface area contributed by atoms with Gasteiger partial charge in [0.05, 0.1) is 0 Å². The minimum atomic E-state index is -0.490. The Balaban J connectivity index is 1.85. The second-order valence-corrected chi connectivity index (χ2v) is 5.22. The predicted octanol–water partition coefficient (Wildman–Crippen LogP) is 2.33. The lowest BCUT2D eigenvalue weighted by atomic mass is 9.84. The summed E-state index contributed by atoms with van der Waals surface area (Å²) in [6, 6.07) is 0. The summed E-state index contributed by atoms with van der Waals surface area (Å²) in [6.45, 7) is 4.34. The fourth-order valence-electron chi connectivity index (χ4n) is 2.58. The molecule has 0 spiro atoms. The normalized spacial score (nSPS) is 32.6. The third-order valence-corrected chi connectivity index (χ3v) is 3.87. The van der Waals surface area contributed by atoms with Crippen LogP contribution in [0, 0.1) is 5.92 Å². The van der Waals surface area contributed by atoms with E-state index >= 15 is 0 Å². The highest BCUT2D eigenvalue weighted by Gasteiger charge is 2.36. The van der Waals surface area contributed by atoms with Crippen LogP contribution in [0.2, 0.25) is 0 Å². The number of ketones is 1. The average molecular weight is 226 g/mol. The van der Waals surface area contributed by atoms with E-state index in [-0.39, 0.29) is 0 Å². The molecule has 0 amide bonds. The Kier molecular flexibility index (Phi) is 3.98. The molecule has 2 rings (SSSR count). The van der Waals surface area contributed by atoms with Gasteiger partial charge in [-0.3, -0.25) is 4.79 Å². The van der Waals surface area contributed by atoms with Crippen molar-refractivity contribution in [2.45, 2.75) is 51.0 Å². The van der Waals surface area contributed by atoms with Crippen LogP contribution in [0.3, 0.4) is 0 Å². The highest BCUT2D eigenvalue weighted by molar-refractivity contribution is 5.87. The fourth-order valence-corrected chi connectivity index (χ4v) is 2.58. The van der Waals surface area contributed by atoms with Crippen molar-refractivity contribution in [2.75, 3.05) is 19.8 Å².